The van der Waals surface area contributed by atoms with Crippen LogP contribution in [0.4, 0.5) is 0 Å². The molecule has 2 rings (SSSR count). The Kier molecular flexibility index (Phi) is 6.27. The van der Waals surface area contributed by atoms with E-state index in [4.69, 9.17) is 4.74 Å². The van der Waals surface area contributed by atoms with Crippen molar-refractivity contribution in [3.05, 3.63) is 63.6 Å². The van der Waals surface area contributed by atoms with Gasteiger partial charge in [-0.3, -0.25) is 0 Å². The molecular formula is C18H22BrNO. The summed E-state index contributed by atoms with van der Waals surface area (Å²) >= 11 is 3.59. The number of nitrogens with one attached hydrogen (secondary N) is 1. The first-order valence-electron chi connectivity index (χ1n) is 7.36. The van der Waals surface area contributed by atoms with Crippen molar-refractivity contribution in [1.82, 2.24) is 5.32 Å². The molecule has 0 aliphatic heterocycles. The Morgan fingerprint density at radius 3 is 2.76 bits per heavy atom. The predicted molar refractivity (Wildman–Crippen MR) is 91.7 cm³/mol. The van der Waals surface area contributed by atoms with Crippen LogP contribution >= 0.6 is 15.9 Å². The molecule has 0 fully saturated rings. The van der Waals surface area contributed by atoms with E-state index < -0.39 is 0 Å². The molecule has 0 unspecified atom stereocenters. The lowest BCUT2D eigenvalue weighted by atomic mass is 10.1. The number of aryl methyl sites for hydroxylation is 1. The van der Waals surface area contributed by atoms with Crippen molar-refractivity contribution in [2.75, 3.05) is 6.54 Å². The van der Waals surface area contributed by atoms with Crippen LogP contribution in [-0.4, -0.2) is 6.54 Å². The van der Waals surface area contributed by atoms with Crippen LogP contribution < -0.4 is 10.1 Å². The summed E-state index contributed by atoms with van der Waals surface area (Å²) in [6, 6.07) is 14.6. The Hall–Kier alpha value is -1.32. The van der Waals surface area contributed by atoms with Crippen molar-refractivity contribution in [3.63, 3.8) is 0 Å². The number of rotatable bonds is 7. The minimum atomic E-state index is 0.602. The fourth-order valence-electron chi connectivity index (χ4n) is 2.14. The SMILES string of the molecule is CCCNCc1cc(OCc2cccc(C)c2)ccc1Br. The van der Waals surface area contributed by atoms with Crippen molar-refractivity contribution >= 4 is 15.9 Å². The Morgan fingerprint density at radius 2 is 2.00 bits per heavy atom. The molecule has 0 amide bonds. The molecule has 0 atom stereocenters. The molecule has 0 bridgehead atoms. The molecule has 0 aromatic heterocycles. The minimum Gasteiger partial charge on any atom is -0.489 e. The highest BCUT2D eigenvalue weighted by molar-refractivity contribution is 9.10. The third-order valence-corrected chi connectivity index (χ3v) is 4.02. The van der Waals surface area contributed by atoms with Crippen LogP contribution in [0.5, 0.6) is 5.75 Å². The largest absolute Gasteiger partial charge is 0.489 e. The third kappa shape index (κ3) is 5.18. The van der Waals surface area contributed by atoms with Gasteiger partial charge < -0.3 is 10.1 Å². The van der Waals surface area contributed by atoms with Gasteiger partial charge in [0, 0.05) is 11.0 Å². The van der Waals surface area contributed by atoms with Gasteiger partial charge in [-0.1, -0.05) is 52.7 Å². The van der Waals surface area contributed by atoms with Crippen molar-refractivity contribution in [2.24, 2.45) is 0 Å². The van der Waals surface area contributed by atoms with E-state index in [1.807, 2.05) is 6.07 Å². The maximum absolute atomic E-state index is 5.90. The molecule has 2 aromatic rings. The standard InChI is InChI=1S/C18H22BrNO/c1-3-9-20-12-16-11-17(7-8-18(16)19)21-13-15-6-4-5-14(2)10-15/h4-8,10-11,20H,3,9,12-13H2,1-2H3. The fraction of sp³-hybridized carbons (Fsp3) is 0.333. The molecule has 0 heterocycles. The van der Waals surface area contributed by atoms with Gasteiger partial charge in [0.05, 0.1) is 0 Å². The van der Waals surface area contributed by atoms with Crippen molar-refractivity contribution in [1.29, 1.82) is 0 Å². The summed E-state index contributed by atoms with van der Waals surface area (Å²) in [5.41, 5.74) is 3.69. The van der Waals surface area contributed by atoms with E-state index in [0.29, 0.717) is 6.61 Å². The molecule has 2 nitrogen and oxygen atoms in total. The van der Waals surface area contributed by atoms with Gasteiger partial charge in [-0.15, -0.1) is 0 Å². The lowest BCUT2D eigenvalue weighted by Crippen LogP contribution is -2.14. The van der Waals surface area contributed by atoms with E-state index >= 15 is 0 Å². The zero-order valence-electron chi connectivity index (χ0n) is 12.7. The highest BCUT2D eigenvalue weighted by atomic mass is 79.9. The molecule has 0 aliphatic rings. The molecule has 2 aromatic carbocycles. The van der Waals surface area contributed by atoms with Gasteiger partial charge in [-0.25, -0.2) is 0 Å². The second-order valence-electron chi connectivity index (χ2n) is 5.21. The van der Waals surface area contributed by atoms with Crippen LogP contribution in [0.25, 0.3) is 0 Å². The summed E-state index contributed by atoms with van der Waals surface area (Å²) in [4.78, 5) is 0. The molecule has 112 valence electrons. The smallest absolute Gasteiger partial charge is 0.120 e. The first kappa shape index (κ1) is 16.1. The van der Waals surface area contributed by atoms with E-state index in [1.54, 1.807) is 0 Å². The number of halogens is 1. The second kappa shape index (κ2) is 8.20. The van der Waals surface area contributed by atoms with E-state index in [1.165, 1.54) is 16.7 Å². The number of hydrogen-bond acceptors (Lipinski definition) is 2. The maximum atomic E-state index is 5.90. The Morgan fingerprint density at radius 1 is 1.14 bits per heavy atom. The lowest BCUT2D eigenvalue weighted by molar-refractivity contribution is 0.305. The van der Waals surface area contributed by atoms with Crippen LogP contribution in [0.3, 0.4) is 0 Å². The van der Waals surface area contributed by atoms with E-state index in [-0.39, 0.29) is 0 Å². The summed E-state index contributed by atoms with van der Waals surface area (Å²) in [6.45, 7) is 6.76. The molecule has 0 saturated carbocycles. The van der Waals surface area contributed by atoms with E-state index in [0.717, 1.165) is 29.7 Å². The normalized spacial score (nSPS) is 10.6. The van der Waals surface area contributed by atoms with Crippen LogP contribution in [0.1, 0.15) is 30.0 Å². The number of hydrogen-bond donors (Lipinski definition) is 1. The van der Waals surface area contributed by atoms with Gasteiger partial charge in [0.25, 0.3) is 0 Å². The summed E-state index contributed by atoms with van der Waals surface area (Å²) in [5.74, 6) is 0.910. The summed E-state index contributed by atoms with van der Waals surface area (Å²) in [5, 5.41) is 3.42. The van der Waals surface area contributed by atoms with Crippen LogP contribution in [-0.2, 0) is 13.2 Å². The monoisotopic (exact) mass is 347 g/mol. The Balaban J connectivity index is 1.98. The number of benzene rings is 2. The van der Waals surface area contributed by atoms with E-state index in [9.17, 15) is 0 Å². The second-order valence-corrected chi connectivity index (χ2v) is 6.06. The molecule has 3 heteroatoms. The quantitative estimate of drug-likeness (QED) is 0.723. The zero-order chi connectivity index (χ0) is 15.1. The van der Waals surface area contributed by atoms with Crippen LogP contribution in [0, 0.1) is 6.92 Å². The average molecular weight is 348 g/mol. The maximum Gasteiger partial charge on any atom is 0.120 e. The first-order chi connectivity index (χ1) is 10.2. The van der Waals surface area contributed by atoms with Gasteiger partial charge in [0.1, 0.15) is 12.4 Å². The van der Waals surface area contributed by atoms with Crippen LogP contribution in [0.2, 0.25) is 0 Å². The van der Waals surface area contributed by atoms with Gasteiger partial charge in [0.2, 0.25) is 0 Å². The first-order valence-corrected chi connectivity index (χ1v) is 8.16. The lowest BCUT2D eigenvalue weighted by Gasteiger charge is -2.11. The van der Waals surface area contributed by atoms with Crippen LogP contribution in [0.15, 0.2) is 46.9 Å². The van der Waals surface area contributed by atoms with E-state index in [2.05, 4.69) is 71.5 Å². The summed E-state index contributed by atoms with van der Waals surface area (Å²) < 4.78 is 7.02. The molecule has 0 radical (unpaired) electrons. The Labute approximate surface area is 135 Å². The highest BCUT2D eigenvalue weighted by Gasteiger charge is 2.03. The molecular weight excluding hydrogens is 326 g/mol. The highest BCUT2D eigenvalue weighted by Crippen LogP contribution is 2.23. The molecule has 1 N–H and O–H groups in total. The van der Waals surface area contributed by atoms with Gasteiger partial charge in [0.15, 0.2) is 0 Å². The minimum absolute atomic E-state index is 0.602. The summed E-state index contributed by atoms with van der Waals surface area (Å²) in [6.07, 6.45) is 1.14. The van der Waals surface area contributed by atoms with Crippen molar-refractivity contribution in [3.8, 4) is 5.75 Å². The number of ether oxygens (including phenoxy) is 1. The Bertz CT molecular complexity index is 583. The van der Waals surface area contributed by atoms with Gasteiger partial charge in [-0.2, -0.15) is 0 Å². The average Bonchev–Trinajstić information content (AvgIpc) is 2.48. The van der Waals surface area contributed by atoms with Crippen molar-refractivity contribution in [2.45, 2.75) is 33.4 Å². The van der Waals surface area contributed by atoms with Gasteiger partial charge in [-0.05, 0) is 49.2 Å². The van der Waals surface area contributed by atoms with Gasteiger partial charge >= 0.3 is 0 Å². The molecule has 0 saturated heterocycles. The summed E-state index contributed by atoms with van der Waals surface area (Å²) in [7, 11) is 0. The third-order valence-electron chi connectivity index (χ3n) is 3.25. The van der Waals surface area contributed by atoms with Crippen molar-refractivity contribution < 1.29 is 4.74 Å². The molecule has 21 heavy (non-hydrogen) atoms. The topological polar surface area (TPSA) is 21.3 Å². The molecule has 0 spiro atoms. The fourth-order valence-corrected chi connectivity index (χ4v) is 2.53. The zero-order valence-corrected chi connectivity index (χ0v) is 14.2. The molecule has 0 aliphatic carbocycles. The predicted octanol–water partition coefficient (Wildman–Crippen LogP) is 4.84.